The Morgan fingerprint density at radius 1 is 1.19 bits per heavy atom. The minimum atomic E-state index is -0.894. The number of thiazole rings is 1. The first-order valence-electron chi connectivity index (χ1n) is 8.66. The molecule has 1 heterocycles. The van der Waals surface area contributed by atoms with Gasteiger partial charge in [-0.15, -0.1) is 11.3 Å². The van der Waals surface area contributed by atoms with Crippen molar-refractivity contribution in [1.82, 2.24) is 15.2 Å². The van der Waals surface area contributed by atoms with Crippen LogP contribution in [0.25, 0.3) is 10.2 Å². The zero-order chi connectivity index (χ0) is 19.6. The van der Waals surface area contributed by atoms with Gasteiger partial charge in [0, 0.05) is 13.1 Å². The molecule has 27 heavy (non-hydrogen) atoms. The molecule has 0 spiro atoms. The van der Waals surface area contributed by atoms with Crippen LogP contribution in [0.1, 0.15) is 36.5 Å². The van der Waals surface area contributed by atoms with Crippen LogP contribution < -0.4 is 5.32 Å². The van der Waals surface area contributed by atoms with Crippen molar-refractivity contribution >= 4 is 27.5 Å². The summed E-state index contributed by atoms with van der Waals surface area (Å²) in [5, 5.41) is 3.94. The van der Waals surface area contributed by atoms with Crippen LogP contribution >= 0.6 is 11.3 Å². The highest BCUT2D eigenvalue weighted by Crippen LogP contribution is 2.28. The highest BCUT2D eigenvalue weighted by Gasteiger charge is 2.21. The maximum atomic E-state index is 13.4. The molecule has 3 rings (SSSR count). The molecule has 2 atom stereocenters. The number of hydrogen-bond donors (Lipinski definition) is 1. The minimum Gasteiger partial charge on any atom is -0.335 e. The quantitative estimate of drug-likeness (QED) is 0.678. The van der Waals surface area contributed by atoms with E-state index in [1.807, 2.05) is 31.2 Å². The number of nitrogens with one attached hydrogen (secondary N) is 1. The molecule has 0 aliphatic heterocycles. The van der Waals surface area contributed by atoms with Crippen molar-refractivity contribution in [1.29, 1.82) is 0 Å². The number of benzene rings is 2. The second-order valence-corrected chi connectivity index (χ2v) is 7.54. The van der Waals surface area contributed by atoms with Gasteiger partial charge in [-0.05, 0) is 43.7 Å². The molecule has 2 aromatic carbocycles. The van der Waals surface area contributed by atoms with Crippen LogP contribution in [-0.4, -0.2) is 29.4 Å². The Morgan fingerprint density at radius 3 is 2.63 bits per heavy atom. The first-order chi connectivity index (χ1) is 12.9. The summed E-state index contributed by atoms with van der Waals surface area (Å²) in [6.45, 7) is 3.83. The van der Waals surface area contributed by atoms with Crippen molar-refractivity contribution in [2.75, 3.05) is 13.6 Å². The second-order valence-electron chi connectivity index (χ2n) is 6.48. The van der Waals surface area contributed by atoms with E-state index >= 15 is 0 Å². The molecule has 0 saturated carbocycles. The molecule has 1 N–H and O–H groups in total. The van der Waals surface area contributed by atoms with E-state index < -0.39 is 11.6 Å². The zero-order valence-corrected chi connectivity index (χ0v) is 16.2. The van der Waals surface area contributed by atoms with Crippen LogP contribution in [0.2, 0.25) is 0 Å². The number of para-hydroxylation sites is 1. The average molecular weight is 389 g/mol. The lowest BCUT2D eigenvalue weighted by atomic mass is 10.1. The lowest BCUT2D eigenvalue weighted by molar-refractivity contribution is -0.131. The van der Waals surface area contributed by atoms with E-state index in [0.717, 1.165) is 27.4 Å². The molecule has 0 aliphatic carbocycles. The fourth-order valence-corrected chi connectivity index (χ4v) is 3.78. The van der Waals surface area contributed by atoms with Gasteiger partial charge in [-0.3, -0.25) is 4.79 Å². The summed E-state index contributed by atoms with van der Waals surface area (Å²) in [4.78, 5) is 18.8. The van der Waals surface area contributed by atoms with Crippen molar-refractivity contribution < 1.29 is 13.6 Å². The summed E-state index contributed by atoms with van der Waals surface area (Å²) < 4.78 is 27.5. The highest BCUT2D eigenvalue weighted by molar-refractivity contribution is 7.18. The minimum absolute atomic E-state index is 0.0892. The standard InChI is InChI=1S/C20H21F2N3OS/c1-12(14-8-9-15(21)16(22)10-14)23-11-19(26)25(3)13(2)20-24-17-6-4-5-7-18(17)27-20/h4-10,12-13,23H,11H2,1-3H3/t12-,13+/m0/s1. The first-order valence-corrected chi connectivity index (χ1v) is 9.48. The molecule has 0 unspecified atom stereocenters. The Balaban J connectivity index is 1.61. The maximum Gasteiger partial charge on any atom is 0.236 e. The van der Waals surface area contributed by atoms with Gasteiger partial charge in [0.2, 0.25) is 5.91 Å². The molecule has 3 aromatic rings. The Hall–Kier alpha value is -2.38. The van der Waals surface area contributed by atoms with E-state index in [0.29, 0.717) is 5.56 Å². The second kappa shape index (κ2) is 8.10. The summed E-state index contributed by atoms with van der Waals surface area (Å²) in [6, 6.07) is 11.2. The Morgan fingerprint density at radius 2 is 1.93 bits per heavy atom. The average Bonchev–Trinajstić information content (AvgIpc) is 3.11. The lowest BCUT2D eigenvalue weighted by Gasteiger charge is -2.24. The fraction of sp³-hybridized carbons (Fsp3) is 0.300. The Kier molecular flexibility index (Phi) is 5.82. The number of hydrogen-bond acceptors (Lipinski definition) is 4. The van der Waals surface area contributed by atoms with Crippen LogP contribution in [0, 0.1) is 11.6 Å². The van der Waals surface area contributed by atoms with Crippen molar-refractivity contribution in [3.63, 3.8) is 0 Å². The summed E-state index contributed by atoms with van der Waals surface area (Å²) in [5.74, 6) is -1.88. The fourth-order valence-electron chi connectivity index (χ4n) is 2.72. The summed E-state index contributed by atoms with van der Waals surface area (Å²) in [5.41, 5.74) is 1.51. The number of carbonyl (C=O) groups is 1. The molecule has 1 amide bonds. The van der Waals surface area contributed by atoms with Crippen molar-refractivity contribution in [2.45, 2.75) is 25.9 Å². The third-order valence-corrected chi connectivity index (χ3v) is 5.85. The van der Waals surface area contributed by atoms with Gasteiger partial charge in [-0.25, -0.2) is 13.8 Å². The van der Waals surface area contributed by atoms with Crippen LogP contribution in [0.3, 0.4) is 0 Å². The zero-order valence-electron chi connectivity index (χ0n) is 15.4. The van der Waals surface area contributed by atoms with Crippen LogP contribution in [0.5, 0.6) is 0 Å². The molecular formula is C20H21F2N3OS. The number of fused-ring (bicyclic) bond motifs is 1. The molecule has 7 heteroatoms. The van der Waals surface area contributed by atoms with E-state index in [-0.39, 0.29) is 24.5 Å². The summed E-state index contributed by atoms with van der Waals surface area (Å²) >= 11 is 1.57. The van der Waals surface area contributed by atoms with Crippen LogP contribution in [0.4, 0.5) is 8.78 Å². The first kappa shape index (κ1) is 19.4. The molecule has 4 nitrogen and oxygen atoms in total. The largest absolute Gasteiger partial charge is 0.335 e. The predicted molar refractivity (Wildman–Crippen MR) is 104 cm³/mol. The molecule has 0 aliphatic rings. The van der Waals surface area contributed by atoms with Gasteiger partial charge in [-0.2, -0.15) is 0 Å². The van der Waals surface area contributed by atoms with E-state index in [2.05, 4.69) is 10.3 Å². The molecule has 1 aromatic heterocycles. The highest BCUT2D eigenvalue weighted by atomic mass is 32.1. The van der Waals surface area contributed by atoms with Crippen molar-refractivity contribution in [2.24, 2.45) is 0 Å². The van der Waals surface area contributed by atoms with Gasteiger partial charge < -0.3 is 10.2 Å². The van der Waals surface area contributed by atoms with Gasteiger partial charge in [-0.1, -0.05) is 18.2 Å². The number of likely N-dealkylation sites (N-methyl/N-ethyl adjacent to an activating group) is 1. The van der Waals surface area contributed by atoms with Crippen LogP contribution in [0.15, 0.2) is 42.5 Å². The number of halogens is 2. The molecule has 0 bridgehead atoms. The van der Waals surface area contributed by atoms with Crippen molar-refractivity contribution in [3.05, 3.63) is 64.7 Å². The Bertz CT molecular complexity index is 926. The molecule has 0 saturated heterocycles. The van der Waals surface area contributed by atoms with E-state index in [1.54, 1.807) is 30.2 Å². The van der Waals surface area contributed by atoms with Gasteiger partial charge in [0.25, 0.3) is 0 Å². The monoisotopic (exact) mass is 389 g/mol. The molecule has 142 valence electrons. The number of aromatic nitrogens is 1. The van der Waals surface area contributed by atoms with Gasteiger partial charge in [0.1, 0.15) is 5.01 Å². The molecular weight excluding hydrogens is 368 g/mol. The smallest absolute Gasteiger partial charge is 0.236 e. The summed E-state index contributed by atoms with van der Waals surface area (Å²) in [6.07, 6.45) is 0. The normalized spacial score (nSPS) is 13.5. The van der Waals surface area contributed by atoms with E-state index in [4.69, 9.17) is 0 Å². The van der Waals surface area contributed by atoms with Crippen LogP contribution in [-0.2, 0) is 4.79 Å². The molecule has 0 fully saturated rings. The van der Waals surface area contributed by atoms with E-state index in [9.17, 15) is 13.6 Å². The third-order valence-electron chi connectivity index (χ3n) is 4.65. The topological polar surface area (TPSA) is 45.2 Å². The van der Waals surface area contributed by atoms with Gasteiger partial charge >= 0.3 is 0 Å². The number of amides is 1. The van der Waals surface area contributed by atoms with Gasteiger partial charge in [0.15, 0.2) is 11.6 Å². The van der Waals surface area contributed by atoms with E-state index in [1.165, 1.54) is 6.07 Å². The molecule has 0 radical (unpaired) electrons. The maximum absolute atomic E-state index is 13.4. The third kappa shape index (κ3) is 4.31. The number of carbonyl (C=O) groups excluding carboxylic acids is 1. The summed E-state index contributed by atoms with van der Waals surface area (Å²) in [7, 11) is 1.74. The SMILES string of the molecule is C[C@H](NCC(=O)N(C)[C@H](C)c1nc2ccccc2s1)c1ccc(F)c(F)c1. The lowest BCUT2D eigenvalue weighted by Crippen LogP contribution is -2.37. The Labute approximate surface area is 160 Å². The number of nitrogens with zero attached hydrogens (tertiary/aromatic N) is 2. The van der Waals surface area contributed by atoms with Gasteiger partial charge in [0.05, 0.1) is 22.8 Å². The van der Waals surface area contributed by atoms with Crippen molar-refractivity contribution in [3.8, 4) is 0 Å². The number of rotatable bonds is 6. The predicted octanol–water partition coefficient (Wildman–Crippen LogP) is 4.44.